The van der Waals surface area contributed by atoms with Gasteiger partial charge in [0.15, 0.2) is 0 Å². The molecule has 8 nitrogen and oxygen atoms in total. The van der Waals surface area contributed by atoms with Gasteiger partial charge in [0.05, 0.1) is 11.4 Å². The molecular weight excluding hydrogens is 344 g/mol. The second kappa shape index (κ2) is 6.74. The minimum atomic E-state index is -3.75. The van der Waals surface area contributed by atoms with Crippen LogP contribution in [0.5, 0.6) is 0 Å². The van der Waals surface area contributed by atoms with Crippen molar-refractivity contribution in [1.82, 2.24) is 4.90 Å². The van der Waals surface area contributed by atoms with Gasteiger partial charge in [-0.2, -0.15) is 0 Å². The molecule has 136 valence electrons. The van der Waals surface area contributed by atoms with E-state index in [0.29, 0.717) is 38.9 Å². The average Bonchev–Trinajstić information content (AvgIpc) is 2.97. The van der Waals surface area contributed by atoms with Crippen LogP contribution in [-0.4, -0.2) is 51.3 Å². The normalized spacial score (nSPS) is 19.0. The van der Waals surface area contributed by atoms with Crippen LogP contribution < -0.4 is 15.8 Å². The van der Waals surface area contributed by atoms with Gasteiger partial charge in [-0.1, -0.05) is 0 Å². The predicted octanol–water partition coefficient (Wildman–Crippen LogP) is -0.580. The van der Waals surface area contributed by atoms with E-state index in [9.17, 15) is 18.0 Å². The van der Waals surface area contributed by atoms with Crippen molar-refractivity contribution in [2.24, 2.45) is 16.8 Å². The van der Waals surface area contributed by atoms with Crippen LogP contribution in [0.1, 0.15) is 18.4 Å². The predicted molar refractivity (Wildman–Crippen MR) is 92.2 cm³/mol. The number of sulfonamides is 1. The van der Waals surface area contributed by atoms with Gasteiger partial charge in [-0.05, 0) is 56.1 Å². The van der Waals surface area contributed by atoms with Crippen molar-refractivity contribution in [3.8, 4) is 0 Å². The highest BCUT2D eigenvalue weighted by Gasteiger charge is 2.29. The maximum atomic E-state index is 12.6. The third-order valence-corrected chi connectivity index (χ3v) is 5.84. The van der Waals surface area contributed by atoms with E-state index in [4.69, 9.17) is 10.9 Å². The molecule has 9 heteroatoms. The molecule has 0 atom stereocenters. The van der Waals surface area contributed by atoms with Crippen molar-refractivity contribution in [3.63, 3.8) is 0 Å². The monoisotopic (exact) mass is 366 g/mol. The molecule has 2 aliphatic heterocycles. The number of hydrogen-bond donors (Lipinski definition) is 2. The molecule has 1 saturated heterocycles. The molecule has 1 aromatic rings. The number of piperidine rings is 1. The van der Waals surface area contributed by atoms with E-state index in [1.807, 2.05) is 4.90 Å². The molecule has 0 saturated carbocycles. The first kappa shape index (κ1) is 17.8. The summed E-state index contributed by atoms with van der Waals surface area (Å²) in [4.78, 5) is 27.6. The number of fused-ring (bicyclic) bond motifs is 1. The fraction of sp³-hybridized carbons (Fsp3) is 0.500. The van der Waals surface area contributed by atoms with E-state index >= 15 is 0 Å². The number of primary sulfonamides is 1. The Morgan fingerprint density at radius 2 is 1.84 bits per heavy atom. The molecule has 0 bridgehead atoms. The van der Waals surface area contributed by atoms with E-state index in [1.165, 1.54) is 12.1 Å². The first-order valence-corrected chi connectivity index (χ1v) is 9.78. The van der Waals surface area contributed by atoms with Gasteiger partial charge in [-0.15, -0.1) is 0 Å². The fourth-order valence-corrected chi connectivity index (χ4v) is 4.03. The highest BCUT2D eigenvalue weighted by molar-refractivity contribution is 7.89. The molecule has 2 amide bonds. The summed E-state index contributed by atoms with van der Waals surface area (Å²) in [6.45, 7) is 2.15. The number of anilines is 1. The molecule has 0 radical (unpaired) electrons. The lowest BCUT2D eigenvalue weighted by Gasteiger charge is -2.31. The Bertz CT molecular complexity index is 800. The maximum Gasteiger partial charge on any atom is 0.241 e. The van der Waals surface area contributed by atoms with Gasteiger partial charge in [0.1, 0.15) is 0 Å². The lowest BCUT2D eigenvalue weighted by Crippen LogP contribution is -2.44. The first-order valence-electron chi connectivity index (χ1n) is 8.23. The van der Waals surface area contributed by atoms with Crippen molar-refractivity contribution in [2.45, 2.75) is 24.2 Å². The highest BCUT2D eigenvalue weighted by atomic mass is 32.2. The van der Waals surface area contributed by atoms with Gasteiger partial charge in [0.25, 0.3) is 0 Å². The van der Waals surface area contributed by atoms with Crippen LogP contribution in [0.4, 0.5) is 5.69 Å². The minimum Gasteiger partial charge on any atom is -0.369 e. The Labute approximate surface area is 146 Å². The highest BCUT2D eigenvalue weighted by Crippen LogP contribution is 2.30. The van der Waals surface area contributed by atoms with Gasteiger partial charge >= 0.3 is 0 Å². The van der Waals surface area contributed by atoms with Gasteiger partial charge in [-0.3, -0.25) is 14.5 Å². The first-order chi connectivity index (χ1) is 11.8. The fourth-order valence-electron chi connectivity index (χ4n) is 3.47. The number of amides is 2. The van der Waals surface area contributed by atoms with Crippen LogP contribution in [0.3, 0.4) is 0 Å². The number of carbonyl (C=O) groups is 2. The summed E-state index contributed by atoms with van der Waals surface area (Å²) < 4.78 is 22.9. The summed E-state index contributed by atoms with van der Waals surface area (Å²) in [5.41, 5.74) is 6.88. The van der Waals surface area contributed by atoms with Crippen molar-refractivity contribution >= 4 is 27.5 Å². The summed E-state index contributed by atoms with van der Waals surface area (Å²) in [5, 5.41) is 5.15. The summed E-state index contributed by atoms with van der Waals surface area (Å²) in [5.74, 6) is -0.403. The molecule has 0 unspecified atom stereocenters. The number of nitrogens with zero attached hydrogens (tertiary/aromatic N) is 2. The smallest absolute Gasteiger partial charge is 0.241 e. The van der Waals surface area contributed by atoms with Crippen molar-refractivity contribution in [3.05, 3.63) is 23.8 Å². The number of carbonyl (C=O) groups excluding carboxylic acids is 2. The second-order valence-corrected chi connectivity index (χ2v) is 8.15. The summed E-state index contributed by atoms with van der Waals surface area (Å²) >= 11 is 0. The van der Waals surface area contributed by atoms with Crippen molar-refractivity contribution < 1.29 is 18.0 Å². The van der Waals surface area contributed by atoms with Crippen LogP contribution in [0.15, 0.2) is 23.1 Å². The van der Waals surface area contributed by atoms with Crippen LogP contribution in [0, 0.1) is 5.92 Å². The maximum absolute atomic E-state index is 12.6. The zero-order valence-corrected chi connectivity index (χ0v) is 14.7. The molecule has 2 aliphatic rings. The van der Waals surface area contributed by atoms with Gasteiger partial charge in [-0.25, -0.2) is 13.6 Å². The standard InChI is InChI=1S/C16H22N4O4S/c17-16(22)11-3-6-19(7-4-11)10-15(21)20-8-5-12-9-13(25(18,23)24)1-2-14(12)20/h1-2,9,11H,3-8,10H2,(H2,17,22)(H2,18,23,24). The molecule has 0 spiro atoms. The number of likely N-dealkylation sites (tertiary alicyclic amines) is 1. The van der Waals surface area contributed by atoms with E-state index in [-0.39, 0.29) is 29.2 Å². The molecule has 3 rings (SSSR count). The van der Waals surface area contributed by atoms with Crippen LogP contribution in [0.25, 0.3) is 0 Å². The second-order valence-electron chi connectivity index (χ2n) is 6.58. The number of rotatable bonds is 4. The summed E-state index contributed by atoms with van der Waals surface area (Å²) in [6, 6.07) is 4.60. The lowest BCUT2D eigenvalue weighted by atomic mass is 9.96. The lowest BCUT2D eigenvalue weighted by molar-refractivity contribution is -0.123. The SMILES string of the molecule is NC(=O)C1CCN(CC(=O)N2CCc3cc(S(N)(=O)=O)ccc32)CC1. The van der Waals surface area contributed by atoms with E-state index in [2.05, 4.69) is 0 Å². The Balaban J connectivity index is 1.65. The number of nitrogens with two attached hydrogens (primary N) is 2. The van der Waals surface area contributed by atoms with Gasteiger partial charge in [0, 0.05) is 18.2 Å². The van der Waals surface area contributed by atoms with Gasteiger partial charge in [0.2, 0.25) is 21.8 Å². The Hall–Kier alpha value is -1.97. The molecule has 2 heterocycles. The third-order valence-electron chi connectivity index (χ3n) is 4.92. The van der Waals surface area contributed by atoms with E-state index < -0.39 is 10.0 Å². The number of hydrogen-bond acceptors (Lipinski definition) is 5. The molecule has 4 N–H and O–H groups in total. The summed E-state index contributed by atoms with van der Waals surface area (Å²) in [7, 11) is -3.75. The molecule has 0 aromatic heterocycles. The largest absolute Gasteiger partial charge is 0.369 e. The Morgan fingerprint density at radius 1 is 1.16 bits per heavy atom. The number of benzene rings is 1. The quantitative estimate of drug-likeness (QED) is 0.737. The van der Waals surface area contributed by atoms with E-state index in [0.717, 1.165) is 11.3 Å². The third kappa shape index (κ3) is 3.83. The Morgan fingerprint density at radius 3 is 2.44 bits per heavy atom. The van der Waals surface area contributed by atoms with Crippen LogP contribution in [0.2, 0.25) is 0 Å². The molecular formula is C16H22N4O4S. The van der Waals surface area contributed by atoms with Crippen molar-refractivity contribution in [1.29, 1.82) is 0 Å². The van der Waals surface area contributed by atoms with Crippen LogP contribution >= 0.6 is 0 Å². The number of primary amides is 1. The average molecular weight is 366 g/mol. The molecule has 1 aromatic carbocycles. The molecule has 1 fully saturated rings. The van der Waals surface area contributed by atoms with Gasteiger partial charge < -0.3 is 10.6 Å². The topological polar surface area (TPSA) is 127 Å². The van der Waals surface area contributed by atoms with Crippen molar-refractivity contribution in [2.75, 3.05) is 31.1 Å². The zero-order chi connectivity index (χ0) is 18.2. The Kier molecular flexibility index (Phi) is 4.81. The molecule has 0 aliphatic carbocycles. The summed E-state index contributed by atoms with van der Waals surface area (Å²) in [6.07, 6.45) is 1.96. The molecule has 25 heavy (non-hydrogen) atoms. The van der Waals surface area contributed by atoms with E-state index in [1.54, 1.807) is 11.0 Å². The minimum absolute atomic E-state index is 0.0281. The zero-order valence-electron chi connectivity index (χ0n) is 13.8. The van der Waals surface area contributed by atoms with Crippen LogP contribution in [-0.2, 0) is 26.0 Å².